The summed E-state index contributed by atoms with van der Waals surface area (Å²) in [5.41, 5.74) is 0.316. The zero-order valence-electron chi connectivity index (χ0n) is 11.3. The Morgan fingerprint density at radius 2 is 1.75 bits per heavy atom. The number of halogens is 2. The molecule has 1 atom stereocenters. The Balaban J connectivity index is 2.67. The molecule has 1 aromatic carbocycles. The van der Waals surface area contributed by atoms with Crippen LogP contribution in [0.5, 0.6) is 0 Å². The SMILES string of the molecule is CC(C)CC(CNC(=O)c1cc(Cl)cc(Cl)c1)C(=O)O. The van der Waals surface area contributed by atoms with Gasteiger partial charge in [-0.1, -0.05) is 37.0 Å². The van der Waals surface area contributed by atoms with Gasteiger partial charge in [-0.2, -0.15) is 0 Å². The van der Waals surface area contributed by atoms with Crippen molar-refractivity contribution in [2.24, 2.45) is 11.8 Å². The number of carboxylic acid groups (broad SMARTS) is 1. The molecule has 0 aliphatic carbocycles. The standard InChI is InChI=1S/C14H17Cl2NO3/c1-8(2)3-10(14(19)20)7-17-13(18)9-4-11(15)6-12(16)5-9/h4-6,8,10H,3,7H2,1-2H3,(H,17,18)(H,19,20). The number of carboxylic acids is 1. The summed E-state index contributed by atoms with van der Waals surface area (Å²) >= 11 is 11.6. The average Bonchev–Trinajstić information content (AvgIpc) is 2.32. The van der Waals surface area contributed by atoms with Crippen LogP contribution in [0.15, 0.2) is 18.2 Å². The first-order valence-electron chi connectivity index (χ1n) is 6.26. The van der Waals surface area contributed by atoms with E-state index in [1.807, 2.05) is 13.8 Å². The lowest BCUT2D eigenvalue weighted by atomic mass is 9.97. The average molecular weight is 318 g/mol. The second-order valence-electron chi connectivity index (χ2n) is 5.03. The fourth-order valence-electron chi connectivity index (χ4n) is 1.84. The second-order valence-corrected chi connectivity index (χ2v) is 5.91. The van der Waals surface area contributed by atoms with Gasteiger partial charge >= 0.3 is 5.97 Å². The highest BCUT2D eigenvalue weighted by atomic mass is 35.5. The molecule has 20 heavy (non-hydrogen) atoms. The Labute approximate surface area is 128 Å². The van der Waals surface area contributed by atoms with Crippen LogP contribution in [0, 0.1) is 11.8 Å². The molecule has 0 fully saturated rings. The van der Waals surface area contributed by atoms with Crippen LogP contribution in [0.4, 0.5) is 0 Å². The summed E-state index contributed by atoms with van der Waals surface area (Å²) in [6.07, 6.45) is 0.506. The summed E-state index contributed by atoms with van der Waals surface area (Å²) < 4.78 is 0. The number of aliphatic carboxylic acids is 1. The fraction of sp³-hybridized carbons (Fsp3) is 0.429. The Hall–Kier alpha value is -1.26. The molecular formula is C14H17Cl2NO3. The first-order valence-corrected chi connectivity index (χ1v) is 7.02. The summed E-state index contributed by atoms with van der Waals surface area (Å²) in [5.74, 6) is -1.66. The van der Waals surface area contributed by atoms with Gasteiger partial charge < -0.3 is 10.4 Å². The monoisotopic (exact) mass is 317 g/mol. The molecule has 1 aromatic rings. The second kappa shape index (κ2) is 7.50. The molecule has 0 saturated carbocycles. The number of carbonyl (C=O) groups is 2. The maximum atomic E-state index is 11.9. The van der Waals surface area contributed by atoms with Crippen LogP contribution < -0.4 is 5.32 Å². The molecule has 0 bridgehead atoms. The highest BCUT2D eigenvalue weighted by Crippen LogP contribution is 2.19. The Morgan fingerprint density at radius 3 is 2.20 bits per heavy atom. The molecule has 0 aliphatic heterocycles. The zero-order chi connectivity index (χ0) is 15.3. The molecule has 0 aromatic heterocycles. The molecule has 0 radical (unpaired) electrons. The maximum Gasteiger partial charge on any atom is 0.308 e. The number of rotatable bonds is 6. The first kappa shape index (κ1) is 16.8. The van der Waals surface area contributed by atoms with Gasteiger partial charge in [-0.15, -0.1) is 0 Å². The molecule has 2 N–H and O–H groups in total. The van der Waals surface area contributed by atoms with Crippen molar-refractivity contribution in [3.8, 4) is 0 Å². The smallest absolute Gasteiger partial charge is 0.308 e. The van der Waals surface area contributed by atoms with E-state index in [1.165, 1.54) is 18.2 Å². The number of amides is 1. The first-order chi connectivity index (χ1) is 9.29. The van der Waals surface area contributed by atoms with Gasteiger partial charge in [-0.25, -0.2) is 0 Å². The minimum atomic E-state index is -0.914. The summed E-state index contributed by atoms with van der Waals surface area (Å²) in [5, 5.41) is 12.4. The van der Waals surface area contributed by atoms with Gasteiger partial charge in [0.05, 0.1) is 5.92 Å². The molecule has 1 unspecified atom stereocenters. The molecule has 4 nitrogen and oxygen atoms in total. The van der Waals surface area contributed by atoms with E-state index in [4.69, 9.17) is 28.3 Å². The van der Waals surface area contributed by atoms with Crippen molar-refractivity contribution in [1.29, 1.82) is 0 Å². The van der Waals surface area contributed by atoms with E-state index >= 15 is 0 Å². The molecule has 6 heteroatoms. The van der Waals surface area contributed by atoms with Gasteiger partial charge in [0.15, 0.2) is 0 Å². The van der Waals surface area contributed by atoms with Crippen LogP contribution in [0.3, 0.4) is 0 Å². The Morgan fingerprint density at radius 1 is 1.20 bits per heavy atom. The molecule has 1 amide bonds. The van der Waals surface area contributed by atoms with Crippen LogP contribution in [-0.4, -0.2) is 23.5 Å². The minimum Gasteiger partial charge on any atom is -0.481 e. The number of nitrogens with one attached hydrogen (secondary N) is 1. The van der Waals surface area contributed by atoms with Gasteiger partial charge in [0.25, 0.3) is 5.91 Å². The topological polar surface area (TPSA) is 66.4 Å². The number of carbonyl (C=O) groups excluding carboxylic acids is 1. The molecule has 110 valence electrons. The predicted molar refractivity (Wildman–Crippen MR) is 79.4 cm³/mol. The van der Waals surface area contributed by atoms with Crippen LogP contribution in [0.1, 0.15) is 30.6 Å². The van der Waals surface area contributed by atoms with Gasteiger partial charge in [-0.05, 0) is 30.5 Å². The van der Waals surface area contributed by atoms with Crippen LogP contribution in [0.2, 0.25) is 10.0 Å². The minimum absolute atomic E-state index is 0.0798. The summed E-state index contributed by atoms with van der Waals surface area (Å²) in [7, 11) is 0. The van der Waals surface area contributed by atoms with Gasteiger partial charge in [0.2, 0.25) is 0 Å². The lowest BCUT2D eigenvalue weighted by Gasteiger charge is -2.15. The van der Waals surface area contributed by atoms with Crippen LogP contribution >= 0.6 is 23.2 Å². The van der Waals surface area contributed by atoms with E-state index in [2.05, 4.69) is 5.32 Å². The molecule has 0 aliphatic rings. The third-order valence-electron chi connectivity index (χ3n) is 2.74. The van der Waals surface area contributed by atoms with E-state index in [0.717, 1.165) is 0 Å². The van der Waals surface area contributed by atoms with Crippen molar-refractivity contribution in [1.82, 2.24) is 5.32 Å². The third kappa shape index (κ3) is 5.39. The maximum absolute atomic E-state index is 11.9. The van der Waals surface area contributed by atoms with E-state index in [-0.39, 0.29) is 18.4 Å². The van der Waals surface area contributed by atoms with Gasteiger partial charge in [0.1, 0.15) is 0 Å². The molecular weight excluding hydrogens is 301 g/mol. The third-order valence-corrected chi connectivity index (χ3v) is 3.18. The quantitative estimate of drug-likeness (QED) is 0.844. The molecule has 0 heterocycles. The summed E-state index contributed by atoms with van der Waals surface area (Å²) in [6.45, 7) is 3.96. The van der Waals surface area contributed by atoms with Crippen LogP contribution in [0.25, 0.3) is 0 Å². The number of hydrogen-bond donors (Lipinski definition) is 2. The lowest BCUT2D eigenvalue weighted by molar-refractivity contribution is -0.142. The normalized spacial score (nSPS) is 12.2. The van der Waals surface area contributed by atoms with E-state index in [9.17, 15) is 9.59 Å². The number of hydrogen-bond acceptors (Lipinski definition) is 2. The van der Waals surface area contributed by atoms with Crippen molar-refractivity contribution in [2.75, 3.05) is 6.54 Å². The Bertz CT molecular complexity index is 483. The highest BCUT2D eigenvalue weighted by Gasteiger charge is 2.20. The Kier molecular flexibility index (Phi) is 6.30. The lowest BCUT2D eigenvalue weighted by Crippen LogP contribution is -2.33. The van der Waals surface area contributed by atoms with E-state index < -0.39 is 11.9 Å². The van der Waals surface area contributed by atoms with Crippen molar-refractivity contribution in [3.05, 3.63) is 33.8 Å². The van der Waals surface area contributed by atoms with E-state index in [1.54, 1.807) is 0 Å². The number of benzene rings is 1. The van der Waals surface area contributed by atoms with Crippen molar-refractivity contribution in [3.63, 3.8) is 0 Å². The van der Waals surface area contributed by atoms with Crippen molar-refractivity contribution >= 4 is 35.1 Å². The van der Waals surface area contributed by atoms with Crippen LogP contribution in [-0.2, 0) is 4.79 Å². The zero-order valence-corrected chi connectivity index (χ0v) is 12.8. The summed E-state index contributed by atoms with van der Waals surface area (Å²) in [6, 6.07) is 4.50. The molecule has 0 spiro atoms. The molecule has 1 rings (SSSR count). The highest BCUT2D eigenvalue weighted by molar-refractivity contribution is 6.35. The van der Waals surface area contributed by atoms with Gasteiger partial charge in [0, 0.05) is 22.2 Å². The largest absolute Gasteiger partial charge is 0.481 e. The fourth-order valence-corrected chi connectivity index (χ4v) is 2.37. The predicted octanol–water partition coefficient (Wildman–Crippen LogP) is 3.47. The van der Waals surface area contributed by atoms with Crippen molar-refractivity contribution < 1.29 is 14.7 Å². The summed E-state index contributed by atoms with van der Waals surface area (Å²) in [4.78, 5) is 23.0. The van der Waals surface area contributed by atoms with Crippen molar-refractivity contribution in [2.45, 2.75) is 20.3 Å². The van der Waals surface area contributed by atoms with E-state index in [0.29, 0.717) is 22.0 Å². The molecule has 0 saturated heterocycles. The van der Waals surface area contributed by atoms with Gasteiger partial charge in [-0.3, -0.25) is 9.59 Å².